The number of nitrogens with zero attached hydrogens (tertiary/aromatic N) is 2. The first-order chi connectivity index (χ1) is 13.0. The lowest BCUT2D eigenvalue weighted by Gasteiger charge is -2.38. The monoisotopic (exact) mass is 382 g/mol. The van der Waals surface area contributed by atoms with Crippen molar-refractivity contribution in [2.75, 3.05) is 20.1 Å². The fourth-order valence-electron chi connectivity index (χ4n) is 4.55. The molecule has 1 aliphatic heterocycles. The summed E-state index contributed by atoms with van der Waals surface area (Å²) in [6, 6.07) is 15.1. The molecule has 2 amide bonds. The molecule has 2 aromatic rings. The highest BCUT2D eigenvalue weighted by Crippen LogP contribution is 2.30. The molecule has 27 heavy (non-hydrogen) atoms. The predicted octanol–water partition coefficient (Wildman–Crippen LogP) is 4.76. The molecule has 144 valence electrons. The van der Waals surface area contributed by atoms with Gasteiger partial charge in [0.2, 0.25) is 0 Å². The van der Waals surface area contributed by atoms with Gasteiger partial charge >= 0.3 is 0 Å². The van der Waals surface area contributed by atoms with Crippen molar-refractivity contribution in [2.45, 2.75) is 45.3 Å². The van der Waals surface area contributed by atoms with Crippen LogP contribution in [0.25, 0.3) is 10.8 Å². The van der Waals surface area contributed by atoms with Crippen LogP contribution < -0.4 is 0 Å². The summed E-state index contributed by atoms with van der Waals surface area (Å²) in [4.78, 5) is 27.4. The Balaban J connectivity index is 1.76. The maximum absolute atomic E-state index is 13.0. The maximum Gasteiger partial charge on any atom is 0.261 e. The van der Waals surface area contributed by atoms with Gasteiger partial charge in [-0.05, 0) is 55.7 Å². The molecule has 0 unspecified atom stereocenters. The van der Waals surface area contributed by atoms with Crippen LogP contribution in [0.15, 0.2) is 36.4 Å². The molecule has 0 aliphatic carbocycles. The molecule has 0 saturated carbocycles. The average Bonchev–Trinajstić information content (AvgIpc) is 2.70. The van der Waals surface area contributed by atoms with Crippen LogP contribution in [0.2, 0.25) is 18.1 Å². The van der Waals surface area contributed by atoms with Gasteiger partial charge in [0.15, 0.2) is 0 Å². The van der Waals surface area contributed by atoms with Crippen molar-refractivity contribution in [1.82, 2.24) is 9.47 Å². The van der Waals surface area contributed by atoms with Crippen LogP contribution >= 0.6 is 0 Å². The smallest absolute Gasteiger partial charge is 0.261 e. The lowest BCUT2D eigenvalue weighted by atomic mass is 9.94. The van der Waals surface area contributed by atoms with Crippen LogP contribution in [0.3, 0.4) is 0 Å². The minimum absolute atomic E-state index is 0.156. The minimum Gasteiger partial charge on any atom is -0.326 e. The summed E-state index contributed by atoms with van der Waals surface area (Å²) in [6.45, 7) is 8.31. The molecule has 1 aliphatic rings. The highest BCUT2D eigenvalue weighted by molar-refractivity contribution is 6.76. The predicted molar refractivity (Wildman–Crippen MR) is 114 cm³/mol. The van der Waals surface area contributed by atoms with E-state index in [1.165, 1.54) is 23.0 Å². The number of carbonyl (C=O) groups is 2. The zero-order valence-electron chi connectivity index (χ0n) is 16.9. The van der Waals surface area contributed by atoms with Gasteiger partial charge in [-0.1, -0.05) is 45.0 Å². The molecule has 5 heteroatoms. The lowest BCUT2D eigenvalue weighted by Crippen LogP contribution is -2.51. The number of hydrogen-bond acceptors (Lipinski definition) is 3. The largest absolute Gasteiger partial charge is 0.326 e. The van der Waals surface area contributed by atoms with Crippen molar-refractivity contribution in [3.05, 3.63) is 47.5 Å². The SMILES string of the molecule is CC[Si](CC)(CC)N(C)CCCN1C(=O)c2cccc3cccc(c23)C1=O. The molecule has 0 N–H and O–H groups in total. The van der Waals surface area contributed by atoms with Crippen molar-refractivity contribution < 1.29 is 9.59 Å². The summed E-state index contributed by atoms with van der Waals surface area (Å²) in [6.07, 6.45) is 0.820. The highest BCUT2D eigenvalue weighted by Gasteiger charge is 2.34. The van der Waals surface area contributed by atoms with E-state index in [4.69, 9.17) is 0 Å². The van der Waals surface area contributed by atoms with E-state index >= 15 is 0 Å². The minimum atomic E-state index is -1.39. The zero-order chi connectivity index (χ0) is 19.6. The van der Waals surface area contributed by atoms with Gasteiger partial charge in [0.05, 0.1) is 0 Å². The number of rotatable bonds is 8. The van der Waals surface area contributed by atoms with Crippen molar-refractivity contribution in [2.24, 2.45) is 0 Å². The van der Waals surface area contributed by atoms with Gasteiger partial charge in [-0.25, -0.2) is 0 Å². The summed E-state index contributed by atoms with van der Waals surface area (Å²) >= 11 is 0. The third-order valence-electron chi connectivity index (χ3n) is 6.52. The van der Waals surface area contributed by atoms with Crippen LogP contribution in [0.4, 0.5) is 0 Å². The van der Waals surface area contributed by atoms with Gasteiger partial charge in [-0.3, -0.25) is 14.5 Å². The Morgan fingerprint density at radius 1 is 0.889 bits per heavy atom. The van der Waals surface area contributed by atoms with Crippen LogP contribution in [-0.4, -0.2) is 49.7 Å². The average molecular weight is 383 g/mol. The first-order valence-corrected chi connectivity index (χ1v) is 12.6. The molecule has 2 aromatic carbocycles. The van der Waals surface area contributed by atoms with E-state index in [0.717, 1.165) is 23.7 Å². The Hall–Kier alpha value is -1.98. The topological polar surface area (TPSA) is 40.6 Å². The summed E-state index contributed by atoms with van der Waals surface area (Å²) in [5.74, 6) is -0.311. The number of benzene rings is 2. The zero-order valence-corrected chi connectivity index (χ0v) is 17.9. The van der Waals surface area contributed by atoms with Crippen molar-refractivity contribution in [3.63, 3.8) is 0 Å². The summed E-state index contributed by atoms with van der Waals surface area (Å²) < 4.78 is 2.54. The number of imide groups is 1. The fourth-order valence-corrected chi connectivity index (χ4v) is 8.30. The molecule has 0 aromatic heterocycles. The number of amides is 2. The molecule has 0 bridgehead atoms. The lowest BCUT2D eigenvalue weighted by molar-refractivity contribution is 0.0607. The van der Waals surface area contributed by atoms with Gasteiger partial charge in [0, 0.05) is 23.1 Å². The maximum atomic E-state index is 13.0. The van der Waals surface area contributed by atoms with E-state index in [-0.39, 0.29) is 11.8 Å². The first-order valence-electron chi connectivity index (χ1n) is 10.1. The molecular formula is C22H30N2O2Si. The van der Waals surface area contributed by atoms with Crippen LogP contribution in [0, 0.1) is 0 Å². The van der Waals surface area contributed by atoms with Crippen LogP contribution in [0.1, 0.15) is 47.9 Å². The normalized spacial score (nSPS) is 14.5. The van der Waals surface area contributed by atoms with Gasteiger partial charge in [-0.2, -0.15) is 0 Å². The van der Waals surface area contributed by atoms with E-state index in [0.29, 0.717) is 17.7 Å². The number of carbonyl (C=O) groups excluding carboxylic acids is 2. The number of hydrogen-bond donors (Lipinski definition) is 0. The summed E-state index contributed by atoms with van der Waals surface area (Å²) in [5, 5.41) is 1.76. The van der Waals surface area contributed by atoms with Crippen molar-refractivity contribution >= 4 is 30.8 Å². The molecule has 0 atom stereocenters. The van der Waals surface area contributed by atoms with Gasteiger partial charge in [0.1, 0.15) is 8.24 Å². The van der Waals surface area contributed by atoms with E-state index in [1.54, 1.807) is 0 Å². The highest BCUT2D eigenvalue weighted by atomic mass is 28.3. The molecule has 1 heterocycles. The Bertz CT molecular complexity index is 801. The Labute approximate surface area is 163 Å². The first kappa shape index (κ1) is 19.8. The Kier molecular flexibility index (Phi) is 5.82. The van der Waals surface area contributed by atoms with E-state index < -0.39 is 8.24 Å². The molecule has 0 radical (unpaired) electrons. The summed E-state index contributed by atoms with van der Waals surface area (Å²) in [5.41, 5.74) is 1.30. The van der Waals surface area contributed by atoms with E-state index in [9.17, 15) is 9.59 Å². The second kappa shape index (κ2) is 7.95. The fraction of sp³-hybridized carbons (Fsp3) is 0.455. The van der Waals surface area contributed by atoms with Crippen molar-refractivity contribution in [1.29, 1.82) is 0 Å². The Morgan fingerprint density at radius 3 is 1.89 bits per heavy atom. The quantitative estimate of drug-likeness (QED) is 0.488. The molecule has 0 fully saturated rings. The second-order valence-corrected chi connectivity index (χ2v) is 12.9. The van der Waals surface area contributed by atoms with Gasteiger partial charge < -0.3 is 4.57 Å². The standard InChI is InChI=1S/C22H30N2O2Si/c1-5-27(6-2,7-3)23(4)15-10-16-24-21(25)18-13-8-11-17-12-9-14-19(20(17)18)22(24)26/h8-9,11-14H,5-7,10,15-16H2,1-4H3. The summed E-state index contributed by atoms with van der Waals surface area (Å²) in [7, 11) is 0.827. The second-order valence-electron chi connectivity index (χ2n) is 7.53. The molecule has 3 rings (SSSR count). The van der Waals surface area contributed by atoms with Crippen LogP contribution in [0.5, 0.6) is 0 Å². The molecular weight excluding hydrogens is 352 g/mol. The van der Waals surface area contributed by atoms with Gasteiger partial charge in [-0.15, -0.1) is 0 Å². The molecule has 0 spiro atoms. The van der Waals surface area contributed by atoms with Gasteiger partial charge in [0.25, 0.3) is 11.8 Å². The third-order valence-corrected chi connectivity index (χ3v) is 12.3. The third kappa shape index (κ3) is 3.34. The van der Waals surface area contributed by atoms with E-state index in [2.05, 4.69) is 32.4 Å². The molecule has 4 nitrogen and oxygen atoms in total. The van der Waals surface area contributed by atoms with E-state index in [1.807, 2.05) is 36.4 Å². The van der Waals surface area contributed by atoms with Crippen molar-refractivity contribution in [3.8, 4) is 0 Å². The Morgan fingerprint density at radius 2 is 1.41 bits per heavy atom. The van der Waals surface area contributed by atoms with Crippen LogP contribution in [-0.2, 0) is 0 Å². The molecule has 0 saturated heterocycles.